The molecule has 3 rings (SSSR count). The Hall–Kier alpha value is -3.72. The molecule has 0 aliphatic carbocycles. The third-order valence-electron chi connectivity index (χ3n) is 4.12. The first-order valence-corrected chi connectivity index (χ1v) is 10.4. The quantitative estimate of drug-likeness (QED) is 0.516. The van der Waals surface area contributed by atoms with E-state index >= 15 is 0 Å². The monoisotopic (exact) mass is 439 g/mol. The fourth-order valence-electron chi connectivity index (χ4n) is 2.60. The van der Waals surface area contributed by atoms with Gasteiger partial charge in [-0.1, -0.05) is 0 Å². The minimum absolute atomic E-state index is 0.282. The van der Waals surface area contributed by atoms with Gasteiger partial charge in [-0.2, -0.15) is 0 Å². The van der Waals surface area contributed by atoms with Crippen molar-refractivity contribution in [1.82, 2.24) is 4.98 Å². The molecule has 0 fully saturated rings. The molecule has 0 aliphatic rings. The molecule has 0 bridgehead atoms. The molecule has 2 amide bonds. The third-order valence-corrected chi connectivity index (χ3v) is 5.03. The van der Waals surface area contributed by atoms with Gasteiger partial charge in [0.2, 0.25) is 0 Å². The van der Waals surface area contributed by atoms with Crippen molar-refractivity contribution in [2.75, 3.05) is 23.8 Å². The number of ether oxygens (including phenoxy) is 2. The highest BCUT2D eigenvalue weighted by Crippen LogP contribution is 2.17. The fourth-order valence-corrected chi connectivity index (χ4v) is 3.30. The number of nitrogens with zero attached hydrogens (tertiary/aromatic N) is 1. The lowest BCUT2D eigenvalue weighted by atomic mass is 10.2. The van der Waals surface area contributed by atoms with Crippen LogP contribution in [0, 0.1) is 6.92 Å². The summed E-state index contributed by atoms with van der Waals surface area (Å²) in [5, 5.41) is 5.41. The first kappa shape index (κ1) is 22.0. The summed E-state index contributed by atoms with van der Waals surface area (Å²) in [6, 6.07) is 13.4. The second-order valence-corrected chi connectivity index (χ2v) is 7.23. The van der Waals surface area contributed by atoms with E-state index in [2.05, 4.69) is 15.6 Å². The molecular formula is C22H21N3O5S. The predicted octanol–water partition coefficient (Wildman–Crippen LogP) is 3.90. The summed E-state index contributed by atoms with van der Waals surface area (Å²) in [5.41, 5.74) is 3.66. The van der Waals surface area contributed by atoms with Crippen molar-refractivity contribution in [2.24, 2.45) is 0 Å². The number of thiazole rings is 1. The van der Waals surface area contributed by atoms with E-state index in [-0.39, 0.29) is 5.91 Å². The molecule has 1 aromatic heterocycles. The van der Waals surface area contributed by atoms with Crippen LogP contribution >= 0.6 is 11.3 Å². The van der Waals surface area contributed by atoms with Gasteiger partial charge >= 0.3 is 5.97 Å². The Balaban J connectivity index is 1.49. The van der Waals surface area contributed by atoms with E-state index in [4.69, 9.17) is 9.47 Å². The summed E-state index contributed by atoms with van der Waals surface area (Å²) in [6.07, 6.45) is 0. The number of rotatable bonds is 8. The molecule has 0 atom stereocenters. The lowest BCUT2D eigenvalue weighted by molar-refractivity contribution is -0.119. The molecule has 0 aliphatic heterocycles. The number of carbonyl (C=O) groups is 3. The van der Waals surface area contributed by atoms with Gasteiger partial charge in [0, 0.05) is 16.9 Å². The van der Waals surface area contributed by atoms with Crippen LogP contribution in [0.2, 0.25) is 0 Å². The smallest absolute Gasteiger partial charge is 0.350 e. The van der Waals surface area contributed by atoms with Gasteiger partial charge < -0.3 is 20.1 Å². The normalized spacial score (nSPS) is 10.3. The number of esters is 1. The molecule has 0 saturated carbocycles. The van der Waals surface area contributed by atoms with Gasteiger partial charge in [0.05, 0.1) is 17.8 Å². The van der Waals surface area contributed by atoms with Crippen molar-refractivity contribution in [2.45, 2.75) is 13.8 Å². The van der Waals surface area contributed by atoms with Crippen molar-refractivity contribution in [3.8, 4) is 5.75 Å². The standard InChI is InChI=1S/C22H21N3O5S/c1-3-29-18-10-8-17(9-11-18)25-21(27)15-4-6-16(7-5-15)24-19(26)12-30-22(28)20-14(2)23-13-31-20/h4-11,13H,3,12H2,1-2H3,(H,24,26)(H,25,27). The van der Waals surface area contributed by atoms with Crippen molar-refractivity contribution >= 4 is 40.5 Å². The van der Waals surface area contributed by atoms with Gasteiger partial charge in [0.25, 0.3) is 11.8 Å². The fraction of sp³-hybridized carbons (Fsp3) is 0.182. The average molecular weight is 439 g/mol. The minimum atomic E-state index is -0.587. The molecule has 0 saturated heterocycles. The van der Waals surface area contributed by atoms with Gasteiger partial charge in [-0.25, -0.2) is 9.78 Å². The molecule has 0 radical (unpaired) electrons. The third kappa shape index (κ3) is 6.13. The number of aryl methyl sites for hydroxylation is 1. The van der Waals surface area contributed by atoms with Gasteiger partial charge in [-0.05, 0) is 62.4 Å². The zero-order valence-electron chi connectivity index (χ0n) is 17.0. The van der Waals surface area contributed by atoms with E-state index in [0.29, 0.717) is 34.1 Å². The summed E-state index contributed by atoms with van der Waals surface area (Å²) < 4.78 is 10.4. The molecule has 8 nitrogen and oxygen atoms in total. The number of hydrogen-bond donors (Lipinski definition) is 2. The molecule has 0 spiro atoms. The van der Waals surface area contributed by atoms with E-state index in [9.17, 15) is 14.4 Å². The van der Waals surface area contributed by atoms with Gasteiger partial charge in [0.15, 0.2) is 6.61 Å². The molecule has 1 heterocycles. The van der Waals surface area contributed by atoms with E-state index < -0.39 is 18.5 Å². The summed E-state index contributed by atoms with van der Waals surface area (Å²) in [4.78, 5) is 40.7. The molecule has 2 aromatic carbocycles. The summed E-state index contributed by atoms with van der Waals surface area (Å²) in [7, 11) is 0. The highest BCUT2D eigenvalue weighted by atomic mass is 32.1. The molecule has 0 unspecified atom stereocenters. The Morgan fingerprint density at radius 3 is 2.23 bits per heavy atom. The zero-order valence-corrected chi connectivity index (χ0v) is 17.8. The zero-order chi connectivity index (χ0) is 22.2. The number of aromatic nitrogens is 1. The van der Waals surface area contributed by atoms with Crippen LogP contribution in [0.25, 0.3) is 0 Å². The second kappa shape index (κ2) is 10.4. The van der Waals surface area contributed by atoms with Crippen LogP contribution in [0.15, 0.2) is 54.0 Å². The van der Waals surface area contributed by atoms with Gasteiger partial charge in [0.1, 0.15) is 10.6 Å². The second-order valence-electron chi connectivity index (χ2n) is 6.38. The van der Waals surface area contributed by atoms with Crippen LogP contribution in [0.4, 0.5) is 11.4 Å². The van der Waals surface area contributed by atoms with Crippen LogP contribution in [0.5, 0.6) is 5.75 Å². The largest absolute Gasteiger partial charge is 0.494 e. The van der Waals surface area contributed by atoms with Crippen molar-refractivity contribution in [3.63, 3.8) is 0 Å². The van der Waals surface area contributed by atoms with Crippen molar-refractivity contribution < 1.29 is 23.9 Å². The number of amides is 2. The Bertz CT molecular complexity index is 1060. The first-order valence-electron chi connectivity index (χ1n) is 9.47. The first-order chi connectivity index (χ1) is 15.0. The van der Waals surface area contributed by atoms with Gasteiger partial charge in [-0.15, -0.1) is 11.3 Å². The molecule has 2 N–H and O–H groups in total. The van der Waals surface area contributed by atoms with Crippen LogP contribution in [0.1, 0.15) is 32.6 Å². The lowest BCUT2D eigenvalue weighted by Gasteiger charge is -2.09. The van der Waals surface area contributed by atoms with Crippen LogP contribution in [-0.2, 0) is 9.53 Å². The van der Waals surface area contributed by atoms with Gasteiger partial charge in [-0.3, -0.25) is 9.59 Å². The molecule has 3 aromatic rings. The summed E-state index contributed by atoms with van der Waals surface area (Å²) >= 11 is 1.16. The molecule has 31 heavy (non-hydrogen) atoms. The van der Waals surface area contributed by atoms with Crippen LogP contribution in [-0.4, -0.2) is 36.0 Å². The molecule has 9 heteroatoms. The Labute approximate surface area is 183 Å². The summed E-state index contributed by atoms with van der Waals surface area (Å²) in [5.74, 6) is -0.622. The number of benzene rings is 2. The highest BCUT2D eigenvalue weighted by Gasteiger charge is 2.15. The number of nitrogens with one attached hydrogen (secondary N) is 2. The van der Waals surface area contributed by atoms with Crippen LogP contribution < -0.4 is 15.4 Å². The average Bonchev–Trinajstić information content (AvgIpc) is 3.20. The minimum Gasteiger partial charge on any atom is -0.494 e. The SMILES string of the molecule is CCOc1ccc(NC(=O)c2ccc(NC(=O)COC(=O)c3scnc3C)cc2)cc1. The Kier molecular flexibility index (Phi) is 7.34. The highest BCUT2D eigenvalue weighted by molar-refractivity contribution is 7.11. The van der Waals surface area contributed by atoms with Crippen molar-refractivity contribution in [3.05, 3.63) is 70.2 Å². The number of carbonyl (C=O) groups excluding carboxylic acids is 3. The Morgan fingerprint density at radius 1 is 0.968 bits per heavy atom. The maximum atomic E-state index is 12.4. The Morgan fingerprint density at radius 2 is 1.61 bits per heavy atom. The van der Waals surface area contributed by atoms with Crippen LogP contribution in [0.3, 0.4) is 0 Å². The number of hydrogen-bond acceptors (Lipinski definition) is 7. The topological polar surface area (TPSA) is 107 Å². The van der Waals surface area contributed by atoms with E-state index in [1.807, 2.05) is 6.92 Å². The maximum Gasteiger partial charge on any atom is 0.350 e. The lowest BCUT2D eigenvalue weighted by Crippen LogP contribution is -2.21. The molecular weight excluding hydrogens is 418 g/mol. The maximum absolute atomic E-state index is 12.4. The summed E-state index contributed by atoms with van der Waals surface area (Å²) in [6.45, 7) is 3.75. The predicted molar refractivity (Wildman–Crippen MR) is 118 cm³/mol. The molecule has 160 valence electrons. The van der Waals surface area contributed by atoms with E-state index in [0.717, 1.165) is 17.1 Å². The van der Waals surface area contributed by atoms with E-state index in [1.54, 1.807) is 61.0 Å². The van der Waals surface area contributed by atoms with E-state index in [1.165, 1.54) is 0 Å². The number of anilines is 2. The van der Waals surface area contributed by atoms with Crippen molar-refractivity contribution in [1.29, 1.82) is 0 Å².